The van der Waals surface area contributed by atoms with Crippen LogP contribution in [0.1, 0.15) is 15.4 Å². The van der Waals surface area contributed by atoms with Crippen LogP contribution in [-0.4, -0.2) is 29.9 Å². The summed E-state index contributed by atoms with van der Waals surface area (Å²) in [4.78, 5) is 18.0. The van der Waals surface area contributed by atoms with Crippen molar-refractivity contribution in [2.24, 2.45) is 0 Å². The molecule has 0 saturated heterocycles. The van der Waals surface area contributed by atoms with Gasteiger partial charge in [-0.3, -0.25) is 9.20 Å². The number of hydrogen-bond acceptors (Lipinski definition) is 5. The number of nitrogens with zero attached hydrogens (tertiary/aromatic N) is 2. The minimum atomic E-state index is 0.515. The highest BCUT2D eigenvalue weighted by Crippen LogP contribution is 2.35. The maximum absolute atomic E-state index is 11.5. The summed E-state index contributed by atoms with van der Waals surface area (Å²) in [6, 6.07) is 5.44. The first-order valence-corrected chi connectivity index (χ1v) is 7.15. The van der Waals surface area contributed by atoms with E-state index in [1.807, 2.05) is 25.3 Å². The summed E-state index contributed by atoms with van der Waals surface area (Å²) in [5, 5.41) is 0. The lowest BCUT2D eigenvalue weighted by molar-refractivity contribution is 0.111. The van der Waals surface area contributed by atoms with Gasteiger partial charge in [-0.25, -0.2) is 4.98 Å². The van der Waals surface area contributed by atoms with Gasteiger partial charge >= 0.3 is 0 Å². The molecule has 1 aromatic carbocycles. The number of hydrogen-bond donors (Lipinski definition) is 0. The quantitative estimate of drug-likeness (QED) is 0.694. The summed E-state index contributed by atoms with van der Waals surface area (Å²) in [7, 11) is 3.19. The number of aryl methyl sites for hydroxylation is 1. The maximum Gasteiger partial charge on any atom is 0.195 e. The fraction of sp³-hybridized carbons (Fsp3) is 0.200. The fourth-order valence-corrected chi connectivity index (χ4v) is 3.12. The van der Waals surface area contributed by atoms with E-state index in [9.17, 15) is 4.79 Å². The third-order valence-electron chi connectivity index (χ3n) is 3.25. The zero-order valence-electron chi connectivity index (χ0n) is 11.9. The zero-order chi connectivity index (χ0) is 15.0. The van der Waals surface area contributed by atoms with Crippen LogP contribution in [0.25, 0.3) is 16.2 Å². The summed E-state index contributed by atoms with van der Waals surface area (Å²) in [6.07, 6.45) is 2.73. The average molecular weight is 302 g/mol. The van der Waals surface area contributed by atoms with E-state index in [1.165, 1.54) is 0 Å². The predicted molar refractivity (Wildman–Crippen MR) is 81.7 cm³/mol. The molecule has 0 aliphatic rings. The van der Waals surface area contributed by atoms with Gasteiger partial charge in [0.2, 0.25) is 0 Å². The van der Waals surface area contributed by atoms with Gasteiger partial charge in [-0.05, 0) is 25.1 Å². The third kappa shape index (κ3) is 2.17. The molecule has 6 heteroatoms. The van der Waals surface area contributed by atoms with E-state index in [0.29, 0.717) is 22.9 Å². The smallest absolute Gasteiger partial charge is 0.195 e. The van der Waals surface area contributed by atoms with Crippen molar-refractivity contribution in [2.75, 3.05) is 14.2 Å². The van der Waals surface area contributed by atoms with Crippen LogP contribution in [0.5, 0.6) is 11.5 Å². The highest BCUT2D eigenvalue weighted by atomic mass is 32.1. The van der Waals surface area contributed by atoms with E-state index in [4.69, 9.17) is 9.47 Å². The molecular weight excluding hydrogens is 288 g/mol. The molecule has 0 fully saturated rings. The average Bonchev–Trinajstić information content (AvgIpc) is 3.01. The first-order chi connectivity index (χ1) is 10.2. The van der Waals surface area contributed by atoms with E-state index < -0.39 is 0 Å². The van der Waals surface area contributed by atoms with E-state index in [1.54, 1.807) is 36.0 Å². The third-order valence-corrected chi connectivity index (χ3v) is 4.15. The Bertz CT molecular complexity index is 820. The molecule has 0 spiro atoms. The molecule has 0 aliphatic heterocycles. The monoisotopic (exact) mass is 302 g/mol. The topological polar surface area (TPSA) is 52.8 Å². The lowest BCUT2D eigenvalue weighted by atomic mass is 10.1. The first-order valence-electron chi connectivity index (χ1n) is 6.34. The number of rotatable bonds is 4. The number of fused-ring (bicyclic) bond motifs is 1. The number of benzene rings is 1. The fourth-order valence-electron chi connectivity index (χ4n) is 2.28. The van der Waals surface area contributed by atoms with Crippen LogP contribution in [0, 0.1) is 6.92 Å². The number of methoxy groups -OCH3 is 2. The van der Waals surface area contributed by atoms with Crippen LogP contribution >= 0.6 is 11.3 Å². The Kier molecular flexibility index (Phi) is 3.39. The molecule has 0 bridgehead atoms. The Hall–Kier alpha value is -2.34. The van der Waals surface area contributed by atoms with Gasteiger partial charge < -0.3 is 9.47 Å². The van der Waals surface area contributed by atoms with Gasteiger partial charge in [-0.2, -0.15) is 0 Å². The molecule has 3 rings (SSSR count). The number of carbonyl (C=O) groups is 1. The van der Waals surface area contributed by atoms with E-state index in [-0.39, 0.29) is 0 Å². The van der Waals surface area contributed by atoms with Crippen LogP contribution in [0.4, 0.5) is 0 Å². The molecule has 2 heterocycles. The molecule has 3 aromatic rings. The Morgan fingerprint density at radius 1 is 1.29 bits per heavy atom. The van der Waals surface area contributed by atoms with Gasteiger partial charge in [-0.1, -0.05) is 0 Å². The second-order valence-corrected chi connectivity index (χ2v) is 5.74. The SMILES string of the molecule is COc1ccc(OC)c(-c2nc3sc(C)cn3c2C=O)c1. The summed E-state index contributed by atoms with van der Waals surface area (Å²) < 4.78 is 12.4. The number of ether oxygens (including phenoxy) is 2. The van der Waals surface area contributed by atoms with Crippen LogP contribution in [0.15, 0.2) is 24.4 Å². The second kappa shape index (κ2) is 5.21. The zero-order valence-corrected chi connectivity index (χ0v) is 12.7. The van der Waals surface area contributed by atoms with Crippen LogP contribution < -0.4 is 9.47 Å². The molecule has 108 valence electrons. The van der Waals surface area contributed by atoms with Crippen molar-refractivity contribution in [3.8, 4) is 22.8 Å². The predicted octanol–water partition coefficient (Wildman–Crippen LogP) is 3.20. The number of imidazole rings is 1. The minimum absolute atomic E-state index is 0.515. The highest BCUT2D eigenvalue weighted by molar-refractivity contribution is 7.17. The van der Waals surface area contributed by atoms with Crippen molar-refractivity contribution in [1.82, 2.24) is 9.38 Å². The van der Waals surface area contributed by atoms with Crippen LogP contribution in [0.3, 0.4) is 0 Å². The minimum Gasteiger partial charge on any atom is -0.497 e. The second-order valence-electron chi connectivity index (χ2n) is 4.52. The number of aromatic nitrogens is 2. The molecule has 0 saturated carbocycles. The Labute approximate surface area is 125 Å². The van der Waals surface area contributed by atoms with Gasteiger partial charge in [0, 0.05) is 16.6 Å². The van der Waals surface area contributed by atoms with E-state index in [0.717, 1.165) is 21.7 Å². The Morgan fingerprint density at radius 3 is 2.76 bits per heavy atom. The van der Waals surface area contributed by atoms with E-state index >= 15 is 0 Å². The molecule has 5 nitrogen and oxygen atoms in total. The maximum atomic E-state index is 11.5. The summed E-state index contributed by atoms with van der Waals surface area (Å²) >= 11 is 1.54. The molecule has 0 radical (unpaired) electrons. The van der Waals surface area contributed by atoms with Gasteiger partial charge in [0.15, 0.2) is 11.2 Å². The number of carbonyl (C=O) groups excluding carboxylic acids is 1. The summed E-state index contributed by atoms with van der Waals surface area (Å²) in [5.41, 5.74) is 1.86. The molecule has 0 aliphatic carbocycles. The molecule has 0 amide bonds. The molecule has 0 unspecified atom stereocenters. The molecule has 0 atom stereocenters. The molecular formula is C15H14N2O3S. The lowest BCUT2D eigenvalue weighted by Crippen LogP contribution is -1.94. The van der Waals surface area contributed by atoms with Crippen molar-refractivity contribution in [3.63, 3.8) is 0 Å². The highest BCUT2D eigenvalue weighted by Gasteiger charge is 2.19. The largest absolute Gasteiger partial charge is 0.497 e. The van der Waals surface area contributed by atoms with Gasteiger partial charge in [0.05, 0.1) is 14.2 Å². The van der Waals surface area contributed by atoms with Crippen molar-refractivity contribution in [3.05, 3.63) is 35.0 Å². The lowest BCUT2D eigenvalue weighted by Gasteiger charge is -2.09. The Balaban J connectivity index is 2.28. The van der Waals surface area contributed by atoms with E-state index in [2.05, 4.69) is 4.98 Å². The standard InChI is InChI=1S/C15H14N2O3S/c1-9-7-17-12(8-18)14(16-15(17)21-9)11-6-10(19-2)4-5-13(11)20-3/h4-8H,1-3H3. The molecule has 2 aromatic heterocycles. The van der Waals surface area contributed by atoms with Gasteiger partial charge in [0.25, 0.3) is 0 Å². The van der Waals surface area contributed by atoms with Crippen LogP contribution in [0.2, 0.25) is 0 Å². The van der Waals surface area contributed by atoms with Crippen molar-refractivity contribution in [2.45, 2.75) is 6.92 Å². The number of thiazole rings is 1. The molecule has 21 heavy (non-hydrogen) atoms. The van der Waals surface area contributed by atoms with Crippen molar-refractivity contribution in [1.29, 1.82) is 0 Å². The van der Waals surface area contributed by atoms with Gasteiger partial charge in [0.1, 0.15) is 22.9 Å². The summed E-state index contributed by atoms with van der Waals surface area (Å²) in [5.74, 6) is 1.34. The first kappa shape index (κ1) is 13.6. The van der Waals surface area contributed by atoms with Gasteiger partial charge in [-0.15, -0.1) is 11.3 Å². The molecule has 0 N–H and O–H groups in total. The van der Waals surface area contributed by atoms with Crippen molar-refractivity contribution >= 4 is 22.6 Å². The Morgan fingerprint density at radius 2 is 2.10 bits per heavy atom. The van der Waals surface area contributed by atoms with Crippen LogP contribution in [-0.2, 0) is 0 Å². The van der Waals surface area contributed by atoms with Crippen molar-refractivity contribution < 1.29 is 14.3 Å². The normalized spacial score (nSPS) is 10.8. The summed E-state index contributed by atoms with van der Waals surface area (Å²) in [6.45, 7) is 1.99. The number of aldehydes is 1.